The van der Waals surface area contributed by atoms with Gasteiger partial charge in [0.05, 0.1) is 11.0 Å². The molecule has 0 unspecified atom stereocenters. The molecule has 162 valence electrons. The van der Waals surface area contributed by atoms with Crippen molar-refractivity contribution < 1.29 is 27.8 Å². The van der Waals surface area contributed by atoms with E-state index in [0.717, 1.165) is 12.5 Å². The van der Waals surface area contributed by atoms with Gasteiger partial charge in [0.1, 0.15) is 28.6 Å². The fourth-order valence-electron chi connectivity index (χ4n) is 2.69. The third kappa shape index (κ3) is 5.48. The number of carbonyl (C=O) groups is 1. The number of nitrogens with zero attached hydrogens (tertiary/aromatic N) is 1. The molecule has 3 rings (SSSR count). The summed E-state index contributed by atoms with van der Waals surface area (Å²) in [7, 11) is -3.33. The van der Waals surface area contributed by atoms with Gasteiger partial charge in [0.15, 0.2) is 9.84 Å². The summed E-state index contributed by atoms with van der Waals surface area (Å²) < 4.78 is 34.8. The monoisotopic (exact) mass is 444 g/mol. The Labute approximate surface area is 178 Å². The fourth-order valence-corrected chi connectivity index (χ4v) is 3.32. The van der Waals surface area contributed by atoms with Crippen molar-refractivity contribution in [3.05, 3.63) is 64.6 Å². The molecule has 0 bridgehead atoms. The average molecular weight is 444 g/mol. The van der Waals surface area contributed by atoms with E-state index in [0.29, 0.717) is 22.8 Å². The number of aromatic nitrogens is 2. The van der Waals surface area contributed by atoms with Crippen molar-refractivity contribution in [2.45, 2.75) is 24.8 Å². The standard InChI is InChI=1S/C21H20N2O7S/c1-12(2)29-15-8-13(19-22-11-18(21(25)26)20(24)23-19)9-16(10-15)30-14-4-6-17(7-5-14)31(3,27)28/h4-12H,1-3H3,(H,25,26)(H,22,23,24). The molecule has 10 heteroatoms. The lowest BCUT2D eigenvalue weighted by atomic mass is 10.1. The number of aromatic carboxylic acids is 1. The Bertz CT molecular complexity index is 1280. The number of benzene rings is 2. The molecular weight excluding hydrogens is 424 g/mol. The van der Waals surface area contributed by atoms with Crippen molar-refractivity contribution in [2.75, 3.05) is 6.26 Å². The highest BCUT2D eigenvalue weighted by Crippen LogP contribution is 2.32. The second kappa shape index (κ2) is 8.60. The van der Waals surface area contributed by atoms with E-state index in [1.807, 2.05) is 13.8 Å². The Morgan fingerprint density at radius 1 is 1.06 bits per heavy atom. The van der Waals surface area contributed by atoms with Crippen molar-refractivity contribution in [3.63, 3.8) is 0 Å². The quantitative estimate of drug-likeness (QED) is 0.567. The topological polar surface area (TPSA) is 136 Å². The minimum Gasteiger partial charge on any atom is -0.491 e. The summed E-state index contributed by atoms with van der Waals surface area (Å²) in [6.07, 6.45) is 1.96. The number of rotatable bonds is 7. The smallest absolute Gasteiger partial charge is 0.342 e. The number of carboxylic acids is 1. The van der Waals surface area contributed by atoms with E-state index < -0.39 is 26.9 Å². The number of aromatic amines is 1. The summed E-state index contributed by atoms with van der Waals surface area (Å²) >= 11 is 0. The minimum atomic E-state index is -3.33. The number of H-pyrrole nitrogens is 1. The zero-order chi connectivity index (χ0) is 22.8. The summed E-state index contributed by atoms with van der Waals surface area (Å²) in [5, 5.41) is 9.01. The van der Waals surface area contributed by atoms with E-state index in [4.69, 9.17) is 14.6 Å². The third-order valence-corrected chi connectivity index (χ3v) is 5.17. The Kier molecular flexibility index (Phi) is 6.11. The van der Waals surface area contributed by atoms with E-state index >= 15 is 0 Å². The molecule has 1 heterocycles. The number of hydrogen-bond acceptors (Lipinski definition) is 7. The Hall–Kier alpha value is -3.66. The van der Waals surface area contributed by atoms with Gasteiger partial charge in [-0.2, -0.15) is 0 Å². The van der Waals surface area contributed by atoms with Crippen LogP contribution in [0.2, 0.25) is 0 Å². The lowest BCUT2D eigenvalue weighted by Gasteiger charge is -2.14. The molecule has 0 amide bonds. The van der Waals surface area contributed by atoms with Gasteiger partial charge >= 0.3 is 5.97 Å². The molecule has 0 aliphatic carbocycles. The first kappa shape index (κ1) is 22.0. The van der Waals surface area contributed by atoms with Gasteiger partial charge in [-0.25, -0.2) is 18.2 Å². The van der Waals surface area contributed by atoms with Crippen LogP contribution >= 0.6 is 0 Å². The summed E-state index contributed by atoms with van der Waals surface area (Å²) in [5.74, 6) is -0.0478. The Balaban J connectivity index is 2.00. The lowest BCUT2D eigenvalue weighted by Crippen LogP contribution is -2.18. The molecule has 0 spiro atoms. The maximum Gasteiger partial charge on any atom is 0.342 e. The fraction of sp³-hybridized carbons (Fsp3) is 0.190. The summed E-state index contributed by atoms with van der Waals surface area (Å²) in [6.45, 7) is 3.69. The van der Waals surface area contributed by atoms with Crippen LogP contribution in [-0.4, -0.2) is 41.8 Å². The first-order valence-electron chi connectivity index (χ1n) is 9.15. The first-order valence-corrected chi connectivity index (χ1v) is 11.0. The van der Waals surface area contributed by atoms with E-state index in [1.54, 1.807) is 18.2 Å². The highest BCUT2D eigenvalue weighted by molar-refractivity contribution is 7.90. The van der Waals surface area contributed by atoms with Crippen molar-refractivity contribution in [3.8, 4) is 28.6 Å². The van der Waals surface area contributed by atoms with Gasteiger partial charge in [-0.05, 0) is 50.2 Å². The number of sulfone groups is 1. The number of nitrogens with one attached hydrogen (secondary N) is 1. The SMILES string of the molecule is CC(C)Oc1cc(Oc2ccc(S(C)(=O)=O)cc2)cc(-c2ncc(C(=O)O)c(=O)[nH]2)c1. The van der Waals surface area contributed by atoms with Crippen LogP contribution in [0.3, 0.4) is 0 Å². The van der Waals surface area contributed by atoms with Gasteiger partial charge in [0.2, 0.25) is 0 Å². The van der Waals surface area contributed by atoms with Crippen LogP contribution in [0.5, 0.6) is 17.2 Å². The highest BCUT2D eigenvalue weighted by Gasteiger charge is 2.14. The first-order chi connectivity index (χ1) is 14.5. The molecule has 31 heavy (non-hydrogen) atoms. The number of carboxylic acid groups (broad SMARTS) is 1. The average Bonchev–Trinajstić information content (AvgIpc) is 2.66. The largest absolute Gasteiger partial charge is 0.491 e. The summed E-state index contributed by atoms with van der Waals surface area (Å²) in [6, 6.07) is 10.8. The molecule has 2 aromatic carbocycles. The molecule has 0 aliphatic heterocycles. The van der Waals surface area contributed by atoms with Crippen LogP contribution in [0.15, 0.2) is 58.4 Å². The zero-order valence-electron chi connectivity index (χ0n) is 16.9. The normalized spacial score (nSPS) is 11.4. The van der Waals surface area contributed by atoms with Crippen LogP contribution in [0.1, 0.15) is 24.2 Å². The molecule has 0 saturated carbocycles. The Morgan fingerprint density at radius 3 is 2.26 bits per heavy atom. The molecule has 1 aromatic heterocycles. The van der Waals surface area contributed by atoms with Crippen LogP contribution in [-0.2, 0) is 9.84 Å². The van der Waals surface area contributed by atoms with E-state index in [-0.39, 0.29) is 16.8 Å². The molecule has 9 nitrogen and oxygen atoms in total. The third-order valence-electron chi connectivity index (χ3n) is 4.04. The highest BCUT2D eigenvalue weighted by atomic mass is 32.2. The molecule has 3 aromatic rings. The van der Waals surface area contributed by atoms with Crippen molar-refractivity contribution in [1.29, 1.82) is 0 Å². The van der Waals surface area contributed by atoms with Gasteiger partial charge in [-0.3, -0.25) is 4.79 Å². The maximum atomic E-state index is 12.0. The second-order valence-corrected chi connectivity index (χ2v) is 9.00. The van der Waals surface area contributed by atoms with Gasteiger partial charge in [-0.1, -0.05) is 0 Å². The van der Waals surface area contributed by atoms with Crippen LogP contribution in [0.4, 0.5) is 0 Å². The maximum absolute atomic E-state index is 12.0. The molecule has 0 radical (unpaired) electrons. The summed E-state index contributed by atoms with van der Waals surface area (Å²) in [4.78, 5) is 29.7. The van der Waals surface area contributed by atoms with Crippen molar-refractivity contribution in [1.82, 2.24) is 9.97 Å². The molecule has 0 saturated heterocycles. The molecular formula is C21H20N2O7S. The van der Waals surface area contributed by atoms with Crippen LogP contribution < -0.4 is 15.0 Å². The lowest BCUT2D eigenvalue weighted by molar-refractivity contribution is 0.0694. The Morgan fingerprint density at radius 2 is 1.71 bits per heavy atom. The summed E-state index contributed by atoms with van der Waals surface area (Å²) in [5.41, 5.74) is -0.817. The predicted molar refractivity (Wildman–Crippen MR) is 113 cm³/mol. The van der Waals surface area contributed by atoms with E-state index in [1.165, 1.54) is 24.3 Å². The van der Waals surface area contributed by atoms with Gasteiger partial charge in [0.25, 0.3) is 5.56 Å². The van der Waals surface area contributed by atoms with Gasteiger partial charge < -0.3 is 19.6 Å². The number of ether oxygens (including phenoxy) is 2. The van der Waals surface area contributed by atoms with Gasteiger partial charge in [-0.15, -0.1) is 0 Å². The van der Waals surface area contributed by atoms with E-state index in [9.17, 15) is 18.0 Å². The molecule has 0 fully saturated rings. The van der Waals surface area contributed by atoms with Crippen LogP contribution in [0, 0.1) is 0 Å². The van der Waals surface area contributed by atoms with Crippen LogP contribution in [0.25, 0.3) is 11.4 Å². The molecule has 0 aliphatic rings. The minimum absolute atomic E-state index is 0.140. The second-order valence-electron chi connectivity index (χ2n) is 6.99. The van der Waals surface area contributed by atoms with Crippen molar-refractivity contribution >= 4 is 15.8 Å². The molecule has 0 atom stereocenters. The number of hydrogen-bond donors (Lipinski definition) is 2. The predicted octanol–water partition coefficient (Wildman–Crippen LogP) is 3.12. The molecule has 2 N–H and O–H groups in total. The zero-order valence-corrected chi connectivity index (χ0v) is 17.8. The van der Waals surface area contributed by atoms with Crippen molar-refractivity contribution in [2.24, 2.45) is 0 Å². The van der Waals surface area contributed by atoms with E-state index in [2.05, 4.69) is 9.97 Å². The van der Waals surface area contributed by atoms with Gasteiger partial charge in [0, 0.05) is 24.1 Å².